The first-order chi connectivity index (χ1) is 12.3. The highest BCUT2D eigenvalue weighted by Crippen LogP contribution is 2.32. The summed E-state index contributed by atoms with van der Waals surface area (Å²) < 4.78 is 26.4. The Morgan fingerprint density at radius 3 is 2.96 bits per heavy atom. The molecule has 7 heteroatoms. The van der Waals surface area contributed by atoms with Crippen molar-refractivity contribution in [2.75, 3.05) is 26.8 Å². The summed E-state index contributed by atoms with van der Waals surface area (Å²) in [5.74, 6) is -0.148. The van der Waals surface area contributed by atoms with Gasteiger partial charge in [0.15, 0.2) is 0 Å². The van der Waals surface area contributed by atoms with Gasteiger partial charge >= 0.3 is 5.97 Å². The molecule has 0 spiro atoms. The molecule has 2 aromatic rings. The number of aromatic nitrogens is 2. The molecule has 1 aliphatic heterocycles. The van der Waals surface area contributed by atoms with E-state index >= 15 is 0 Å². The molecule has 1 saturated heterocycles. The molecule has 0 saturated carbocycles. The van der Waals surface area contributed by atoms with Gasteiger partial charge in [-0.1, -0.05) is 0 Å². The highest BCUT2D eigenvalue weighted by Gasteiger charge is 2.37. The van der Waals surface area contributed by atoms with Gasteiger partial charge in [0.25, 0.3) is 0 Å². The third-order valence-electron chi connectivity index (χ3n) is 4.78. The molecule has 2 unspecified atom stereocenters. The number of ether oxygens (including phenoxy) is 2. The number of imidazole rings is 1. The molecule has 1 aliphatic rings. The lowest BCUT2D eigenvalue weighted by Gasteiger charge is -2.35. The van der Waals surface area contributed by atoms with Gasteiger partial charge in [-0.2, -0.15) is 0 Å². The Morgan fingerprint density at radius 2 is 2.23 bits per heavy atom. The molecule has 0 radical (unpaired) electrons. The minimum absolute atomic E-state index is 0.0856. The van der Waals surface area contributed by atoms with Gasteiger partial charge in [-0.15, -0.1) is 0 Å². The molecule has 0 amide bonds. The van der Waals surface area contributed by atoms with Gasteiger partial charge in [0.05, 0.1) is 29.6 Å². The number of fused-ring (bicyclic) bond motifs is 1. The second-order valence-electron chi connectivity index (χ2n) is 7.44. The van der Waals surface area contributed by atoms with E-state index < -0.39 is 5.60 Å². The van der Waals surface area contributed by atoms with Gasteiger partial charge in [0.1, 0.15) is 17.2 Å². The first-order valence-corrected chi connectivity index (χ1v) is 8.89. The number of nitrogens with one attached hydrogen (secondary N) is 1. The predicted molar refractivity (Wildman–Crippen MR) is 96.5 cm³/mol. The van der Waals surface area contributed by atoms with E-state index in [-0.39, 0.29) is 23.7 Å². The summed E-state index contributed by atoms with van der Waals surface area (Å²) in [6.07, 6.45) is 0.772. The monoisotopic (exact) mass is 363 g/mol. The fraction of sp³-hybridized carbons (Fsp3) is 0.579. The molecule has 142 valence electrons. The zero-order chi connectivity index (χ0) is 18.9. The molecule has 3 rings (SSSR count). The first-order valence-electron chi connectivity index (χ1n) is 8.89. The number of benzene rings is 1. The van der Waals surface area contributed by atoms with Gasteiger partial charge in [-0.3, -0.25) is 4.79 Å². The number of aryl methyl sites for hydroxylation is 1. The maximum atomic E-state index is 13.5. The summed E-state index contributed by atoms with van der Waals surface area (Å²) >= 11 is 0. The highest BCUT2D eigenvalue weighted by molar-refractivity contribution is 5.78. The Balaban J connectivity index is 1.93. The molecule has 1 N–H and O–H groups in total. The summed E-state index contributed by atoms with van der Waals surface area (Å²) in [4.78, 5) is 17.4. The van der Waals surface area contributed by atoms with Crippen LogP contribution in [0.3, 0.4) is 0 Å². The largest absolute Gasteiger partial charge is 0.457 e. The third-order valence-corrected chi connectivity index (χ3v) is 4.78. The van der Waals surface area contributed by atoms with Crippen LogP contribution < -0.4 is 5.32 Å². The van der Waals surface area contributed by atoms with Crippen molar-refractivity contribution < 1.29 is 18.7 Å². The Labute approximate surface area is 152 Å². The molecular formula is C19H26FN3O3. The summed E-state index contributed by atoms with van der Waals surface area (Å²) in [6, 6.07) is 4.49. The standard InChI is InChI=1S/C19H26FN3O3/c1-12-22-15-9-13(20)5-6-17(15)23(12)16-7-8-21-10-14(16)18(24)26-19(2,3)11-25-4/h5-6,9,14,16,21H,7-8,10-11H2,1-4H3. The van der Waals surface area contributed by atoms with Crippen LogP contribution in [-0.4, -0.2) is 47.9 Å². The van der Waals surface area contributed by atoms with Crippen molar-refractivity contribution in [3.63, 3.8) is 0 Å². The summed E-state index contributed by atoms with van der Waals surface area (Å²) in [5, 5.41) is 3.28. The molecule has 26 heavy (non-hydrogen) atoms. The molecule has 1 aromatic heterocycles. The van der Waals surface area contributed by atoms with Crippen molar-refractivity contribution in [1.29, 1.82) is 0 Å². The number of hydrogen-bond acceptors (Lipinski definition) is 5. The lowest BCUT2D eigenvalue weighted by atomic mass is 9.92. The fourth-order valence-corrected chi connectivity index (χ4v) is 3.73. The lowest BCUT2D eigenvalue weighted by molar-refractivity contribution is -0.168. The van der Waals surface area contributed by atoms with E-state index in [0.717, 1.165) is 24.3 Å². The number of nitrogens with zero attached hydrogens (tertiary/aromatic N) is 2. The van der Waals surface area contributed by atoms with Crippen LogP contribution in [0, 0.1) is 18.7 Å². The third kappa shape index (κ3) is 3.73. The second-order valence-corrected chi connectivity index (χ2v) is 7.44. The SMILES string of the molecule is COCC(C)(C)OC(=O)C1CNCCC1n1c(C)nc2cc(F)ccc21. The van der Waals surface area contributed by atoms with Crippen LogP contribution in [-0.2, 0) is 14.3 Å². The predicted octanol–water partition coefficient (Wildman–Crippen LogP) is 2.60. The Morgan fingerprint density at radius 1 is 1.46 bits per heavy atom. The minimum atomic E-state index is -0.691. The zero-order valence-electron chi connectivity index (χ0n) is 15.7. The van der Waals surface area contributed by atoms with E-state index in [1.807, 2.05) is 25.3 Å². The minimum Gasteiger partial charge on any atom is -0.457 e. The number of piperidine rings is 1. The number of halogens is 1. The molecule has 1 fully saturated rings. The summed E-state index contributed by atoms with van der Waals surface area (Å²) in [5.41, 5.74) is 0.751. The number of esters is 1. The van der Waals surface area contributed by atoms with Crippen LogP contribution in [0.4, 0.5) is 4.39 Å². The van der Waals surface area contributed by atoms with Crippen molar-refractivity contribution in [2.24, 2.45) is 5.92 Å². The molecule has 0 bridgehead atoms. The quantitative estimate of drug-likeness (QED) is 0.827. The molecule has 2 heterocycles. The van der Waals surface area contributed by atoms with Crippen molar-refractivity contribution in [3.8, 4) is 0 Å². The van der Waals surface area contributed by atoms with Gasteiger partial charge < -0.3 is 19.4 Å². The topological polar surface area (TPSA) is 65.4 Å². The van der Waals surface area contributed by atoms with Crippen LogP contribution in [0.1, 0.15) is 32.1 Å². The van der Waals surface area contributed by atoms with Crippen molar-refractivity contribution in [3.05, 3.63) is 29.8 Å². The highest BCUT2D eigenvalue weighted by atomic mass is 19.1. The van der Waals surface area contributed by atoms with Gasteiger partial charge in [-0.25, -0.2) is 9.37 Å². The molecule has 2 atom stereocenters. The van der Waals surface area contributed by atoms with Crippen LogP contribution >= 0.6 is 0 Å². The number of carbonyl (C=O) groups is 1. The first kappa shape index (κ1) is 18.8. The molecule has 1 aromatic carbocycles. The van der Waals surface area contributed by atoms with E-state index in [2.05, 4.69) is 10.3 Å². The van der Waals surface area contributed by atoms with Crippen LogP contribution in [0.2, 0.25) is 0 Å². The van der Waals surface area contributed by atoms with Crippen LogP contribution in [0.15, 0.2) is 18.2 Å². The van der Waals surface area contributed by atoms with E-state index in [9.17, 15) is 9.18 Å². The normalized spacial score (nSPS) is 21.1. The van der Waals surface area contributed by atoms with Gasteiger partial charge in [0, 0.05) is 19.7 Å². The number of rotatable bonds is 5. The Kier molecular flexibility index (Phi) is 5.29. The number of carbonyl (C=O) groups excluding carboxylic acids is 1. The van der Waals surface area contributed by atoms with E-state index in [1.165, 1.54) is 12.1 Å². The van der Waals surface area contributed by atoms with E-state index in [4.69, 9.17) is 9.47 Å². The van der Waals surface area contributed by atoms with Gasteiger partial charge in [0.2, 0.25) is 0 Å². The van der Waals surface area contributed by atoms with Crippen molar-refractivity contribution in [2.45, 2.75) is 38.8 Å². The zero-order valence-corrected chi connectivity index (χ0v) is 15.7. The second kappa shape index (κ2) is 7.32. The summed E-state index contributed by atoms with van der Waals surface area (Å²) in [7, 11) is 1.58. The summed E-state index contributed by atoms with van der Waals surface area (Å²) in [6.45, 7) is 7.22. The van der Waals surface area contributed by atoms with Gasteiger partial charge in [-0.05, 0) is 45.9 Å². The number of methoxy groups -OCH3 is 1. The fourth-order valence-electron chi connectivity index (χ4n) is 3.73. The molecular weight excluding hydrogens is 337 g/mol. The molecule has 0 aliphatic carbocycles. The Bertz CT molecular complexity index is 803. The average Bonchev–Trinajstić information content (AvgIpc) is 2.89. The van der Waals surface area contributed by atoms with E-state index in [0.29, 0.717) is 18.7 Å². The van der Waals surface area contributed by atoms with Crippen LogP contribution in [0.5, 0.6) is 0 Å². The lowest BCUT2D eigenvalue weighted by Crippen LogP contribution is -2.45. The average molecular weight is 363 g/mol. The van der Waals surface area contributed by atoms with Crippen molar-refractivity contribution >= 4 is 17.0 Å². The van der Waals surface area contributed by atoms with Crippen LogP contribution in [0.25, 0.3) is 11.0 Å². The molecule has 6 nitrogen and oxygen atoms in total. The smallest absolute Gasteiger partial charge is 0.312 e. The maximum absolute atomic E-state index is 13.5. The number of hydrogen-bond donors (Lipinski definition) is 1. The van der Waals surface area contributed by atoms with E-state index in [1.54, 1.807) is 13.2 Å². The maximum Gasteiger partial charge on any atom is 0.312 e. The van der Waals surface area contributed by atoms with Crippen molar-refractivity contribution in [1.82, 2.24) is 14.9 Å². The Hall–Kier alpha value is -1.99.